The molecule has 100 valence electrons. The summed E-state index contributed by atoms with van der Waals surface area (Å²) in [5.74, 6) is 1.86. The molecule has 1 aliphatic rings. The van der Waals surface area contributed by atoms with Crippen molar-refractivity contribution in [1.82, 2.24) is 5.32 Å². The van der Waals surface area contributed by atoms with Gasteiger partial charge in [-0.15, -0.1) is 0 Å². The lowest BCUT2D eigenvalue weighted by Crippen LogP contribution is -2.29. The summed E-state index contributed by atoms with van der Waals surface area (Å²) in [6, 6.07) is 9.08. The average molecular weight is 247 g/mol. The maximum atomic E-state index is 5.96. The Kier molecular flexibility index (Phi) is 5.06. The topological polar surface area (TPSA) is 21.3 Å². The Bertz CT molecular complexity index is 364. The van der Waals surface area contributed by atoms with Gasteiger partial charge in [0.2, 0.25) is 0 Å². The summed E-state index contributed by atoms with van der Waals surface area (Å²) in [4.78, 5) is 0. The number of rotatable bonds is 6. The van der Waals surface area contributed by atoms with Gasteiger partial charge in [0.1, 0.15) is 5.75 Å². The number of hydrogen-bond donors (Lipinski definition) is 1. The van der Waals surface area contributed by atoms with E-state index in [1.165, 1.54) is 31.2 Å². The van der Waals surface area contributed by atoms with Crippen LogP contribution >= 0.6 is 0 Å². The summed E-state index contributed by atoms with van der Waals surface area (Å²) < 4.78 is 5.96. The van der Waals surface area contributed by atoms with Gasteiger partial charge in [-0.3, -0.25) is 0 Å². The minimum absolute atomic E-state index is 0.704. The van der Waals surface area contributed by atoms with Gasteiger partial charge >= 0.3 is 0 Å². The van der Waals surface area contributed by atoms with E-state index in [4.69, 9.17) is 4.74 Å². The van der Waals surface area contributed by atoms with E-state index in [1.54, 1.807) is 0 Å². The minimum atomic E-state index is 0.704. The van der Waals surface area contributed by atoms with Gasteiger partial charge in [0.25, 0.3) is 0 Å². The Morgan fingerprint density at radius 2 is 2.11 bits per heavy atom. The highest BCUT2D eigenvalue weighted by molar-refractivity contribution is 5.33. The zero-order chi connectivity index (χ0) is 12.8. The van der Waals surface area contributed by atoms with Crippen LogP contribution in [0.3, 0.4) is 0 Å². The first-order chi connectivity index (χ1) is 8.85. The van der Waals surface area contributed by atoms with Gasteiger partial charge < -0.3 is 10.1 Å². The molecule has 1 aromatic rings. The van der Waals surface area contributed by atoms with Crippen molar-refractivity contribution in [2.75, 3.05) is 13.7 Å². The highest BCUT2D eigenvalue weighted by Crippen LogP contribution is 2.28. The fourth-order valence-corrected chi connectivity index (χ4v) is 3.02. The van der Waals surface area contributed by atoms with E-state index in [0.717, 1.165) is 24.7 Å². The summed E-state index contributed by atoms with van der Waals surface area (Å²) in [6.45, 7) is 3.02. The molecule has 0 radical (unpaired) electrons. The van der Waals surface area contributed by atoms with Crippen molar-refractivity contribution < 1.29 is 4.74 Å². The summed E-state index contributed by atoms with van der Waals surface area (Å²) in [5, 5.41) is 3.43. The predicted octanol–water partition coefficient (Wildman–Crippen LogP) is 3.41. The Balaban J connectivity index is 1.81. The molecule has 1 N–H and O–H groups in total. The second-order valence-corrected chi connectivity index (χ2v) is 5.18. The first-order valence-corrected chi connectivity index (χ1v) is 7.23. The van der Waals surface area contributed by atoms with Crippen LogP contribution in [0.1, 0.15) is 38.2 Å². The number of aryl methyl sites for hydroxylation is 1. The van der Waals surface area contributed by atoms with Crippen molar-refractivity contribution >= 4 is 0 Å². The van der Waals surface area contributed by atoms with Crippen molar-refractivity contribution in [2.24, 2.45) is 5.92 Å². The van der Waals surface area contributed by atoms with Crippen molar-refractivity contribution in [3.8, 4) is 5.75 Å². The Labute approximate surface area is 111 Å². The van der Waals surface area contributed by atoms with Crippen LogP contribution in [0.5, 0.6) is 5.75 Å². The molecule has 2 heteroatoms. The standard InChI is InChI=1S/C16H25NO/c1-3-13-7-4-5-10-16(13)18-12-11-14-8-6-9-15(14)17-2/h4-5,7,10,14-15,17H,3,6,8-9,11-12H2,1-2H3. The number of hydrogen-bond acceptors (Lipinski definition) is 2. The Hall–Kier alpha value is -1.02. The molecule has 2 nitrogen and oxygen atoms in total. The Morgan fingerprint density at radius 1 is 1.28 bits per heavy atom. The Morgan fingerprint density at radius 3 is 2.89 bits per heavy atom. The summed E-state index contributed by atoms with van der Waals surface area (Å²) >= 11 is 0. The average Bonchev–Trinajstić information content (AvgIpc) is 2.87. The molecule has 0 aromatic heterocycles. The van der Waals surface area contributed by atoms with E-state index in [9.17, 15) is 0 Å². The van der Waals surface area contributed by atoms with Crippen LogP contribution in [0.2, 0.25) is 0 Å². The molecule has 0 saturated heterocycles. The third-order valence-corrected chi connectivity index (χ3v) is 4.13. The SMILES string of the molecule is CCc1ccccc1OCCC1CCCC1NC. The monoisotopic (exact) mass is 247 g/mol. The normalized spacial score (nSPS) is 23.2. The largest absolute Gasteiger partial charge is 0.493 e. The molecule has 0 heterocycles. The quantitative estimate of drug-likeness (QED) is 0.832. The van der Waals surface area contributed by atoms with Crippen molar-refractivity contribution in [1.29, 1.82) is 0 Å². The van der Waals surface area contributed by atoms with Crippen molar-refractivity contribution in [3.05, 3.63) is 29.8 Å². The van der Waals surface area contributed by atoms with Gasteiger partial charge in [0.05, 0.1) is 6.61 Å². The number of nitrogens with one attached hydrogen (secondary N) is 1. The lowest BCUT2D eigenvalue weighted by Gasteiger charge is -2.19. The van der Waals surface area contributed by atoms with E-state index in [2.05, 4.69) is 43.6 Å². The lowest BCUT2D eigenvalue weighted by atomic mass is 10.0. The molecule has 0 amide bonds. The van der Waals surface area contributed by atoms with Gasteiger partial charge in [-0.1, -0.05) is 31.5 Å². The third-order valence-electron chi connectivity index (χ3n) is 4.13. The van der Waals surface area contributed by atoms with Crippen molar-refractivity contribution in [3.63, 3.8) is 0 Å². The second-order valence-electron chi connectivity index (χ2n) is 5.18. The van der Waals surface area contributed by atoms with Crippen LogP contribution < -0.4 is 10.1 Å². The van der Waals surface area contributed by atoms with Gasteiger partial charge in [-0.05, 0) is 50.3 Å². The van der Waals surface area contributed by atoms with Gasteiger partial charge in [-0.25, -0.2) is 0 Å². The maximum absolute atomic E-state index is 5.96. The third kappa shape index (κ3) is 3.26. The predicted molar refractivity (Wildman–Crippen MR) is 76.1 cm³/mol. The second kappa shape index (κ2) is 6.79. The fraction of sp³-hybridized carbons (Fsp3) is 0.625. The fourth-order valence-electron chi connectivity index (χ4n) is 3.02. The zero-order valence-electron chi connectivity index (χ0n) is 11.6. The molecule has 2 unspecified atom stereocenters. The van der Waals surface area contributed by atoms with Gasteiger partial charge in [-0.2, -0.15) is 0 Å². The van der Waals surface area contributed by atoms with E-state index in [-0.39, 0.29) is 0 Å². The molecule has 0 bridgehead atoms. The van der Waals surface area contributed by atoms with Crippen LogP contribution in [0.25, 0.3) is 0 Å². The zero-order valence-corrected chi connectivity index (χ0v) is 11.6. The number of ether oxygens (including phenoxy) is 1. The minimum Gasteiger partial charge on any atom is -0.493 e. The molecule has 18 heavy (non-hydrogen) atoms. The van der Waals surface area contributed by atoms with Crippen LogP contribution in [-0.4, -0.2) is 19.7 Å². The van der Waals surface area contributed by atoms with Crippen LogP contribution in [-0.2, 0) is 6.42 Å². The highest BCUT2D eigenvalue weighted by atomic mass is 16.5. The highest BCUT2D eigenvalue weighted by Gasteiger charge is 2.25. The summed E-state index contributed by atoms with van der Waals surface area (Å²) in [6.07, 6.45) is 6.25. The van der Waals surface area contributed by atoms with Crippen LogP contribution in [0.15, 0.2) is 24.3 Å². The van der Waals surface area contributed by atoms with E-state index < -0.39 is 0 Å². The maximum Gasteiger partial charge on any atom is 0.122 e. The molecule has 1 aromatic carbocycles. The molecule has 1 aliphatic carbocycles. The smallest absolute Gasteiger partial charge is 0.122 e. The molecule has 0 spiro atoms. The molecular weight excluding hydrogens is 222 g/mol. The summed E-state index contributed by atoms with van der Waals surface area (Å²) in [5.41, 5.74) is 1.31. The summed E-state index contributed by atoms with van der Waals surface area (Å²) in [7, 11) is 2.08. The molecule has 1 saturated carbocycles. The van der Waals surface area contributed by atoms with E-state index in [1.807, 2.05) is 0 Å². The molecule has 2 rings (SSSR count). The van der Waals surface area contributed by atoms with Gasteiger partial charge in [0.15, 0.2) is 0 Å². The van der Waals surface area contributed by atoms with Gasteiger partial charge in [0, 0.05) is 6.04 Å². The van der Waals surface area contributed by atoms with Crippen molar-refractivity contribution in [2.45, 2.75) is 45.1 Å². The van der Waals surface area contributed by atoms with E-state index in [0.29, 0.717) is 6.04 Å². The van der Waals surface area contributed by atoms with Crippen LogP contribution in [0.4, 0.5) is 0 Å². The lowest BCUT2D eigenvalue weighted by molar-refractivity contribution is 0.261. The van der Waals surface area contributed by atoms with E-state index >= 15 is 0 Å². The molecule has 2 atom stereocenters. The molecular formula is C16H25NO. The number of para-hydroxylation sites is 1. The molecule has 1 fully saturated rings. The van der Waals surface area contributed by atoms with Crippen LogP contribution in [0, 0.1) is 5.92 Å². The number of benzene rings is 1. The first-order valence-electron chi connectivity index (χ1n) is 7.23. The molecule has 0 aliphatic heterocycles. The first kappa shape index (κ1) is 13.4.